The fraction of sp³-hybridized carbons (Fsp3) is 0.278. The number of thiazole rings is 1. The number of aryl methyl sites for hydroxylation is 1. The van der Waals surface area contributed by atoms with Crippen molar-refractivity contribution in [3.63, 3.8) is 0 Å². The Morgan fingerprint density at radius 3 is 2.58 bits per heavy atom. The van der Waals surface area contributed by atoms with Crippen molar-refractivity contribution in [3.05, 3.63) is 58.2 Å². The van der Waals surface area contributed by atoms with Crippen LogP contribution in [0.2, 0.25) is 0 Å². The Morgan fingerprint density at radius 2 is 2.00 bits per heavy atom. The van der Waals surface area contributed by atoms with Crippen LogP contribution in [0.3, 0.4) is 0 Å². The van der Waals surface area contributed by atoms with Crippen molar-refractivity contribution >= 4 is 17.2 Å². The van der Waals surface area contributed by atoms with Gasteiger partial charge in [-0.05, 0) is 17.2 Å². The average molecular weight is 340 g/mol. The fourth-order valence-electron chi connectivity index (χ4n) is 2.38. The summed E-state index contributed by atoms with van der Waals surface area (Å²) in [4.78, 5) is 17.1. The van der Waals surface area contributed by atoms with Crippen LogP contribution in [0.4, 0.5) is 0 Å². The first-order valence-electron chi connectivity index (χ1n) is 7.86. The van der Waals surface area contributed by atoms with Gasteiger partial charge in [-0.2, -0.15) is 5.10 Å². The molecular weight excluding hydrogens is 320 g/mol. The molecule has 1 amide bonds. The molecule has 2 aromatic heterocycles. The number of carbonyl (C=O) groups excluding carboxylic acids is 1. The van der Waals surface area contributed by atoms with Gasteiger partial charge >= 0.3 is 0 Å². The van der Waals surface area contributed by atoms with Crippen LogP contribution in [0, 0.1) is 0 Å². The first kappa shape index (κ1) is 16.4. The Hall–Kier alpha value is -2.47. The van der Waals surface area contributed by atoms with E-state index in [4.69, 9.17) is 0 Å². The van der Waals surface area contributed by atoms with Crippen molar-refractivity contribution in [2.75, 3.05) is 0 Å². The van der Waals surface area contributed by atoms with Gasteiger partial charge in [-0.25, -0.2) is 4.98 Å². The lowest BCUT2D eigenvalue weighted by Crippen LogP contribution is -2.21. The molecule has 0 aliphatic heterocycles. The van der Waals surface area contributed by atoms with Gasteiger partial charge in [0.2, 0.25) is 0 Å². The summed E-state index contributed by atoms with van der Waals surface area (Å²) in [5.41, 5.74) is 3.23. The van der Waals surface area contributed by atoms with Gasteiger partial charge in [-0.3, -0.25) is 9.48 Å². The predicted molar refractivity (Wildman–Crippen MR) is 96.0 cm³/mol. The van der Waals surface area contributed by atoms with E-state index in [0.717, 1.165) is 21.8 Å². The normalized spacial score (nSPS) is 11.0. The highest BCUT2D eigenvalue weighted by molar-refractivity contribution is 7.13. The van der Waals surface area contributed by atoms with Crippen LogP contribution in [-0.2, 0) is 13.6 Å². The van der Waals surface area contributed by atoms with Crippen molar-refractivity contribution in [1.82, 2.24) is 20.1 Å². The summed E-state index contributed by atoms with van der Waals surface area (Å²) in [6.45, 7) is 4.65. The lowest BCUT2D eigenvalue weighted by molar-refractivity contribution is 0.0955. The van der Waals surface area contributed by atoms with Gasteiger partial charge in [0.1, 0.15) is 4.88 Å². The minimum atomic E-state index is -0.0740. The third kappa shape index (κ3) is 3.54. The summed E-state index contributed by atoms with van der Waals surface area (Å²) in [5, 5.41) is 8.11. The molecular formula is C18H20N4OS. The van der Waals surface area contributed by atoms with Gasteiger partial charge in [-0.15, -0.1) is 11.3 Å². The van der Waals surface area contributed by atoms with Crippen molar-refractivity contribution in [2.45, 2.75) is 26.3 Å². The maximum atomic E-state index is 12.2. The maximum absolute atomic E-state index is 12.2. The molecule has 0 spiro atoms. The number of aromatic nitrogens is 3. The average Bonchev–Trinajstić information content (AvgIpc) is 3.22. The van der Waals surface area contributed by atoms with Gasteiger partial charge in [0.15, 0.2) is 0 Å². The molecule has 6 heteroatoms. The first-order chi connectivity index (χ1) is 11.5. The van der Waals surface area contributed by atoms with E-state index < -0.39 is 0 Å². The molecule has 0 bridgehead atoms. The number of hydrogen-bond donors (Lipinski definition) is 1. The molecule has 0 atom stereocenters. The van der Waals surface area contributed by atoms with Crippen LogP contribution in [0.1, 0.15) is 40.0 Å². The van der Waals surface area contributed by atoms with Crippen molar-refractivity contribution < 1.29 is 4.79 Å². The number of rotatable bonds is 5. The van der Waals surface area contributed by atoms with Crippen molar-refractivity contribution in [1.29, 1.82) is 0 Å². The highest BCUT2D eigenvalue weighted by Crippen LogP contribution is 2.21. The smallest absolute Gasteiger partial charge is 0.263 e. The van der Waals surface area contributed by atoms with E-state index in [9.17, 15) is 4.79 Å². The number of nitrogens with one attached hydrogen (secondary N) is 1. The van der Waals surface area contributed by atoms with Crippen molar-refractivity contribution in [3.8, 4) is 11.3 Å². The van der Waals surface area contributed by atoms with E-state index in [2.05, 4.69) is 29.2 Å². The number of amides is 1. The summed E-state index contributed by atoms with van der Waals surface area (Å²) in [6, 6.07) is 10.1. The molecule has 0 aliphatic carbocycles. The van der Waals surface area contributed by atoms with Gasteiger partial charge in [0.25, 0.3) is 5.91 Å². The summed E-state index contributed by atoms with van der Waals surface area (Å²) in [7, 11) is 1.92. The van der Waals surface area contributed by atoms with Gasteiger partial charge in [0, 0.05) is 25.7 Å². The van der Waals surface area contributed by atoms with Crippen LogP contribution < -0.4 is 5.32 Å². The summed E-state index contributed by atoms with van der Waals surface area (Å²) >= 11 is 1.45. The third-order valence-corrected chi connectivity index (χ3v) is 5.06. The molecule has 0 fully saturated rings. The van der Waals surface area contributed by atoms with Crippen LogP contribution in [0.25, 0.3) is 11.3 Å². The molecule has 5 nitrogen and oxygen atoms in total. The predicted octanol–water partition coefficient (Wildman–Crippen LogP) is 3.60. The van der Waals surface area contributed by atoms with E-state index in [0.29, 0.717) is 17.3 Å². The van der Waals surface area contributed by atoms with E-state index in [1.54, 1.807) is 12.4 Å². The highest BCUT2D eigenvalue weighted by atomic mass is 32.1. The topological polar surface area (TPSA) is 59.8 Å². The highest BCUT2D eigenvalue weighted by Gasteiger charge is 2.12. The van der Waals surface area contributed by atoms with E-state index in [1.165, 1.54) is 11.3 Å². The first-order valence-corrected chi connectivity index (χ1v) is 8.67. The molecule has 24 heavy (non-hydrogen) atoms. The molecule has 3 aromatic rings. The quantitative estimate of drug-likeness (QED) is 0.772. The lowest BCUT2D eigenvalue weighted by atomic mass is 10.1. The summed E-state index contributed by atoms with van der Waals surface area (Å²) in [6.07, 6.45) is 3.44. The van der Waals surface area contributed by atoms with E-state index >= 15 is 0 Å². The summed E-state index contributed by atoms with van der Waals surface area (Å²) in [5.74, 6) is 0.270. The third-order valence-electron chi connectivity index (χ3n) is 3.76. The Bertz CT molecular complexity index is 833. The van der Waals surface area contributed by atoms with Crippen molar-refractivity contribution in [2.24, 2.45) is 7.05 Å². The number of carbonyl (C=O) groups is 1. The van der Waals surface area contributed by atoms with Crippen LogP contribution in [-0.4, -0.2) is 20.7 Å². The molecule has 0 aliphatic rings. The fourth-order valence-corrected chi connectivity index (χ4v) is 3.22. The molecule has 0 saturated carbocycles. The molecule has 0 saturated heterocycles. The van der Waals surface area contributed by atoms with Gasteiger partial charge in [-0.1, -0.05) is 38.1 Å². The molecule has 124 valence electrons. The zero-order valence-corrected chi connectivity index (χ0v) is 14.8. The molecule has 0 unspecified atom stereocenters. The zero-order valence-electron chi connectivity index (χ0n) is 14.0. The van der Waals surface area contributed by atoms with E-state index in [1.807, 2.05) is 42.1 Å². The minimum absolute atomic E-state index is 0.0740. The molecule has 2 heterocycles. The monoisotopic (exact) mass is 340 g/mol. The van der Waals surface area contributed by atoms with E-state index in [-0.39, 0.29) is 5.91 Å². The second-order valence-corrected chi connectivity index (χ2v) is 7.00. The second-order valence-electron chi connectivity index (χ2n) is 5.94. The number of hydrogen-bond acceptors (Lipinski definition) is 4. The van der Waals surface area contributed by atoms with Gasteiger partial charge < -0.3 is 5.32 Å². The Labute approximate surface area is 145 Å². The Balaban J connectivity index is 1.62. The molecule has 0 radical (unpaired) electrons. The molecule has 1 aromatic carbocycles. The second kappa shape index (κ2) is 6.97. The molecule has 3 rings (SSSR count). The summed E-state index contributed by atoms with van der Waals surface area (Å²) < 4.78 is 1.84. The Morgan fingerprint density at radius 1 is 1.25 bits per heavy atom. The molecule has 1 N–H and O–H groups in total. The van der Waals surface area contributed by atoms with Gasteiger partial charge in [0.05, 0.1) is 16.9 Å². The van der Waals surface area contributed by atoms with Crippen LogP contribution in [0.15, 0.2) is 42.7 Å². The Kier molecular flexibility index (Phi) is 4.76. The zero-order chi connectivity index (χ0) is 17.1. The van der Waals surface area contributed by atoms with Crippen LogP contribution >= 0.6 is 11.3 Å². The standard InChI is InChI=1S/C18H20N4OS/c1-12(2)18-20-11-16(24-18)17(23)19-10-13-4-6-14(7-5-13)15-8-9-21-22(15)3/h4-9,11-12H,10H2,1-3H3,(H,19,23). The van der Waals surface area contributed by atoms with Crippen LogP contribution in [0.5, 0.6) is 0 Å². The largest absolute Gasteiger partial charge is 0.347 e. The SMILES string of the molecule is CC(C)c1ncc(C(=O)NCc2ccc(-c3ccnn3C)cc2)s1. The lowest BCUT2D eigenvalue weighted by Gasteiger charge is -2.06. The number of nitrogens with zero attached hydrogens (tertiary/aromatic N) is 3. The maximum Gasteiger partial charge on any atom is 0.263 e. The minimum Gasteiger partial charge on any atom is -0.347 e. The number of benzene rings is 1.